The Hall–Kier alpha value is -2.41. The molecule has 3 heterocycles. The van der Waals surface area contributed by atoms with E-state index in [-0.39, 0.29) is 12.0 Å². The lowest BCUT2D eigenvalue weighted by molar-refractivity contribution is -0.231. The largest absolute Gasteiger partial charge is 0.462 e. The van der Waals surface area contributed by atoms with Crippen molar-refractivity contribution in [2.75, 3.05) is 33.3 Å². The first-order valence-corrected chi connectivity index (χ1v) is 12.7. The molecule has 4 aliphatic rings. The zero-order valence-corrected chi connectivity index (χ0v) is 20.0. The van der Waals surface area contributed by atoms with E-state index in [0.717, 1.165) is 72.9 Å². The van der Waals surface area contributed by atoms with E-state index in [1.807, 2.05) is 29.2 Å². The summed E-state index contributed by atoms with van der Waals surface area (Å²) >= 11 is 0. The van der Waals surface area contributed by atoms with Crippen molar-refractivity contribution in [1.29, 1.82) is 0 Å². The van der Waals surface area contributed by atoms with Crippen molar-refractivity contribution < 1.29 is 19.0 Å². The average molecular weight is 463 g/mol. The highest BCUT2D eigenvalue weighted by atomic mass is 16.7. The smallest absolute Gasteiger partial charge is 0.253 e. The van der Waals surface area contributed by atoms with Gasteiger partial charge in [0.05, 0.1) is 12.7 Å². The number of carbonyl (C=O) groups is 1. The van der Waals surface area contributed by atoms with Gasteiger partial charge in [-0.05, 0) is 54.7 Å². The van der Waals surface area contributed by atoms with Crippen LogP contribution in [0.25, 0.3) is 11.1 Å². The minimum absolute atomic E-state index is 0.0759. The number of hydrogen-bond acceptors (Lipinski definition) is 5. The number of rotatable bonds is 4. The summed E-state index contributed by atoms with van der Waals surface area (Å²) < 4.78 is 18.2. The van der Waals surface area contributed by atoms with Gasteiger partial charge in [-0.1, -0.05) is 24.6 Å². The lowest BCUT2D eigenvalue weighted by Gasteiger charge is -2.47. The molecule has 3 aliphatic heterocycles. The van der Waals surface area contributed by atoms with E-state index in [0.29, 0.717) is 13.2 Å². The highest BCUT2D eigenvalue weighted by Gasteiger charge is 2.42. The average Bonchev–Trinajstić information content (AvgIpc) is 3.33. The molecule has 0 N–H and O–H groups in total. The summed E-state index contributed by atoms with van der Waals surface area (Å²) in [5.74, 6) is 0.557. The van der Waals surface area contributed by atoms with Crippen molar-refractivity contribution in [3.63, 3.8) is 0 Å². The van der Waals surface area contributed by atoms with E-state index in [9.17, 15) is 4.79 Å². The predicted octanol–water partition coefficient (Wildman–Crippen LogP) is 4.47. The number of nitrogens with zero attached hydrogens (tertiary/aromatic N) is 2. The second-order valence-electron chi connectivity index (χ2n) is 10.2. The van der Waals surface area contributed by atoms with Gasteiger partial charge < -0.3 is 19.1 Å². The fourth-order valence-corrected chi connectivity index (χ4v) is 5.73. The summed E-state index contributed by atoms with van der Waals surface area (Å²) in [4.78, 5) is 17.3. The van der Waals surface area contributed by atoms with Gasteiger partial charge in [0.25, 0.3) is 5.91 Å². The molecule has 34 heavy (non-hydrogen) atoms. The first kappa shape index (κ1) is 22.1. The topological polar surface area (TPSA) is 51.2 Å². The molecule has 0 aromatic heterocycles. The van der Waals surface area contributed by atoms with E-state index in [2.05, 4.69) is 23.1 Å². The molecule has 1 aliphatic carbocycles. The molecule has 1 amide bonds. The van der Waals surface area contributed by atoms with E-state index >= 15 is 0 Å². The molecule has 1 atom stereocenters. The van der Waals surface area contributed by atoms with Crippen LogP contribution in [0.4, 0.5) is 0 Å². The van der Waals surface area contributed by atoms with Crippen LogP contribution in [0, 0.1) is 0 Å². The molecular weight excluding hydrogens is 428 g/mol. The maximum Gasteiger partial charge on any atom is 0.253 e. The fourth-order valence-electron chi connectivity index (χ4n) is 5.73. The molecule has 6 nitrogen and oxygen atoms in total. The maximum absolute atomic E-state index is 12.8. The Balaban J connectivity index is 1.11. The Morgan fingerprint density at radius 3 is 2.44 bits per heavy atom. The van der Waals surface area contributed by atoms with Crippen molar-refractivity contribution in [3.05, 3.63) is 53.6 Å². The van der Waals surface area contributed by atoms with Gasteiger partial charge in [-0.3, -0.25) is 9.69 Å². The standard InChI is InChI=1S/C28H34N2O4/c1-32-25-11-14-30(18-25)27(31)21-7-5-20(6-8-21)22-9-10-26-23(17-22)19-33-28(34-26)12-15-29(16-13-28)24-3-2-4-24/h5-10,17,24-25H,2-4,11-16,18-19H2,1H3/t25-/m0/s1. The Labute approximate surface area is 201 Å². The number of amides is 1. The molecular formula is C28H34N2O4. The molecule has 0 bridgehead atoms. The molecule has 6 heteroatoms. The number of carbonyl (C=O) groups excluding carboxylic acids is 1. The highest BCUT2D eigenvalue weighted by Crippen LogP contribution is 2.40. The minimum Gasteiger partial charge on any atom is -0.462 e. The third-order valence-electron chi connectivity index (χ3n) is 8.23. The Morgan fingerprint density at radius 2 is 1.76 bits per heavy atom. The van der Waals surface area contributed by atoms with Gasteiger partial charge in [-0.25, -0.2) is 0 Å². The summed E-state index contributed by atoms with van der Waals surface area (Å²) in [6, 6.07) is 15.1. The molecule has 0 radical (unpaired) electrons. The van der Waals surface area contributed by atoms with Crippen LogP contribution in [0.5, 0.6) is 5.75 Å². The number of likely N-dealkylation sites (tertiary alicyclic amines) is 2. The molecule has 1 spiro atoms. The van der Waals surface area contributed by atoms with Crippen molar-refractivity contribution in [2.45, 2.75) is 63.1 Å². The number of benzene rings is 2. The molecule has 3 fully saturated rings. The SMILES string of the molecule is CO[C@H]1CCN(C(=O)c2ccc(-c3ccc4c(c3)COC3(CCN(C5CCC5)CC3)O4)cc2)C1. The van der Waals surface area contributed by atoms with Gasteiger partial charge in [-0.2, -0.15) is 0 Å². The Bertz CT molecular complexity index is 1040. The number of hydrogen-bond donors (Lipinski definition) is 0. The van der Waals surface area contributed by atoms with E-state index in [4.69, 9.17) is 14.2 Å². The van der Waals surface area contributed by atoms with Crippen LogP contribution in [0.1, 0.15) is 54.4 Å². The third kappa shape index (κ3) is 4.12. The first-order valence-electron chi connectivity index (χ1n) is 12.7. The fraction of sp³-hybridized carbons (Fsp3) is 0.536. The van der Waals surface area contributed by atoms with Crippen molar-refractivity contribution in [3.8, 4) is 16.9 Å². The number of methoxy groups -OCH3 is 1. The van der Waals surface area contributed by atoms with Crippen LogP contribution in [0.3, 0.4) is 0 Å². The molecule has 2 aromatic rings. The zero-order valence-electron chi connectivity index (χ0n) is 20.0. The van der Waals surface area contributed by atoms with E-state index < -0.39 is 5.79 Å². The van der Waals surface area contributed by atoms with Crippen LogP contribution < -0.4 is 4.74 Å². The number of piperidine rings is 1. The van der Waals surface area contributed by atoms with Gasteiger partial charge >= 0.3 is 0 Å². The Kier molecular flexibility index (Phi) is 5.84. The predicted molar refractivity (Wildman–Crippen MR) is 130 cm³/mol. The zero-order chi connectivity index (χ0) is 23.1. The van der Waals surface area contributed by atoms with E-state index in [1.165, 1.54) is 19.3 Å². The van der Waals surface area contributed by atoms with Gasteiger partial charge in [0.1, 0.15) is 5.75 Å². The summed E-state index contributed by atoms with van der Waals surface area (Å²) in [6.07, 6.45) is 6.99. The van der Waals surface area contributed by atoms with Gasteiger partial charge in [0.15, 0.2) is 0 Å². The van der Waals surface area contributed by atoms with Crippen molar-refractivity contribution >= 4 is 5.91 Å². The maximum atomic E-state index is 12.8. The van der Waals surface area contributed by atoms with Crippen molar-refractivity contribution in [1.82, 2.24) is 9.80 Å². The number of fused-ring (bicyclic) bond motifs is 1. The normalized spacial score (nSPS) is 24.5. The first-order chi connectivity index (χ1) is 16.6. The van der Waals surface area contributed by atoms with Crippen LogP contribution in [0.15, 0.2) is 42.5 Å². The van der Waals surface area contributed by atoms with Gasteiger partial charge in [0, 0.05) is 63.3 Å². The lowest BCUT2D eigenvalue weighted by Crippen LogP contribution is -2.54. The van der Waals surface area contributed by atoms with Crippen LogP contribution in [-0.4, -0.2) is 66.9 Å². The van der Waals surface area contributed by atoms with Crippen LogP contribution in [-0.2, 0) is 16.1 Å². The van der Waals surface area contributed by atoms with Gasteiger partial charge in [0.2, 0.25) is 5.79 Å². The second kappa shape index (κ2) is 8.99. The molecule has 2 aromatic carbocycles. The summed E-state index contributed by atoms with van der Waals surface area (Å²) in [5, 5.41) is 0. The Morgan fingerprint density at radius 1 is 1.00 bits per heavy atom. The minimum atomic E-state index is -0.464. The monoisotopic (exact) mass is 462 g/mol. The lowest BCUT2D eigenvalue weighted by atomic mass is 9.89. The van der Waals surface area contributed by atoms with Gasteiger partial charge in [-0.15, -0.1) is 0 Å². The summed E-state index contributed by atoms with van der Waals surface area (Å²) in [5.41, 5.74) is 4.01. The van der Waals surface area contributed by atoms with Crippen LogP contribution in [0.2, 0.25) is 0 Å². The number of ether oxygens (including phenoxy) is 3. The van der Waals surface area contributed by atoms with Crippen LogP contribution >= 0.6 is 0 Å². The molecule has 180 valence electrons. The molecule has 2 saturated heterocycles. The highest BCUT2D eigenvalue weighted by molar-refractivity contribution is 5.95. The molecule has 1 saturated carbocycles. The van der Waals surface area contributed by atoms with E-state index in [1.54, 1.807) is 7.11 Å². The summed E-state index contributed by atoms with van der Waals surface area (Å²) in [7, 11) is 1.71. The third-order valence-corrected chi connectivity index (χ3v) is 8.23. The second-order valence-corrected chi connectivity index (χ2v) is 10.2. The van der Waals surface area contributed by atoms with Crippen molar-refractivity contribution in [2.24, 2.45) is 0 Å². The molecule has 6 rings (SSSR count). The quantitative estimate of drug-likeness (QED) is 0.671. The molecule has 0 unspecified atom stereocenters. The summed E-state index contributed by atoms with van der Waals surface area (Å²) in [6.45, 7) is 4.13.